The second-order valence-corrected chi connectivity index (χ2v) is 14.0. The molecule has 9 nitrogen and oxygen atoms in total. The Hall–Kier alpha value is -0.360. The standard InChI is InChI=1S/C20H42O.C18H38O4.C6H14O4/c1-3-5-7-9-11-13-15-17-19-21-20-18-16-14-12-10-8-6-4-2;1-2-3-4-5-6-7-8-9-10-11-13-20-15-17-22-18-16-21-14-12-19;7-1-3-9-5-6-10-4-2-8/h3-20H2,1-2H3;19H,2-18H2,1H3;7-8H,1-6H2. The second kappa shape index (κ2) is 60.9. The molecule has 0 fully saturated rings. The van der Waals surface area contributed by atoms with Gasteiger partial charge in [-0.25, -0.2) is 0 Å². The van der Waals surface area contributed by atoms with E-state index in [1.54, 1.807) is 0 Å². The Morgan fingerprint density at radius 1 is 0.208 bits per heavy atom. The largest absolute Gasteiger partial charge is 0.394 e. The van der Waals surface area contributed by atoms with Gasteiger partial charge >= 0.3 is 0 Å². The average Bonchev–Trinajstić information content (AvgIpc) is 3.17. The van der Waals surface area contributed by atoms with Crippen LogP contribution in [0, 0.1) is 0 Å². The molecule has 0 aliphatic rings. The fraction of sp³-hybridized carbons (Fsp3) is 1.00. The zero-order valence-corrected chi connectivity index (χ0v) is 35.8. The number of hydrogen-bond donors (Lipinski definition) is 3. The third kappa shape index (κ3) is 66.8. The van der Waals surface area contributed by atoms with Crippen LogP contribution in [0.25, 0.3) is 0 Å². The molecule has 0 rings (SSSR count). The third-order valence-electron chi connectivity index (χ3n) is 8.75. The Kier molecular flexibility index (Phi) is 65.4. The Morgan fingerprint density at radius 3 is 0.604 bits per heavy atom. The molecular weight excluding hydrogens is 672 g/mol. The smallest absolute Gasteiger partial charge is 0.0701 e. The first-order valence-electron chi connectivity index (χ1n) is 22.5. The van der Waals surface area contributed by atoms with E-state index < -0.39 is 0 Å². The zero-order valence-electron chi connectivity index (χ0n) is 35.8. The summed E-state index contributed by atoms with van der Waals surface area (Å²) in [6.07, 6.45) is 35.8. The average molecular weight is 767 g/mol. The van der Waals surface area contributed by atoms with Crippen LogP contribution in [-0.2, 0) is 28.4 Å². The van der Waals surface area contributed by atoms with Crippen LogP contribution in [0.3, 0.4) is 0 Å². The number of rotatable bonds is 44. The van der Waals surface area contributed by atoms with E-state index in [2.05, 4.69) is 20.8 Å². The molecule has 0 aromatic heterocycles. The molecule has 0 saturated carbocycles. The first-order valence-corrected chi connectivity index (χ1v) is 22.5. The third-order valence-corrected chi connectivity index (χ3v) is 8.75. The number of unbranched alkanes of at least 4 members (excludes halogenated alkanes) is 23. The molecular formula is C44H94O9. The number of ether oxygens (including phenoxy) is 6. The van der Waals surface area contributed by atoms with Crippen LogP contribution < -0.4 is 0 Å². The highest BCUT2D eigenvalue weighted by Gasteiger charge is 1.96. The predicted octanol–water partition coefficient (Wildman–Crippen LogP) is 10.2. The fourth-order valence-corrected chi connectivity index (χ4v) is 5.53. The number of aliphatic hydroxyl groups is 3. The van der Waals surface area contributed by atoms with E-state index in [9.17, 15) is 0 Å². The quantitative estimate of drug-likeness (QED) is 0.0521. The van der Waals surface area contributed by atoms with Crippen molar-refractivity contribution in [3.63, 3.8) is 0 Å². The summed E-state index contributed by atoms with van der Waals surface area (Å²) in [4.78, 5) is 0. The number of hydrogen-bond acceptors (Lipinski definition) is 9. The minimum absolute atomic E-state index is 0.0417. The van der Waals surface area contributed by atoms with E-state index in [0.717, 1.165) is 26.2 Å². The highest BCUT2D eigenvalue weighted by molar-refractivity contribution is 4.49. The van der Waals surface area contributed by atoms with Gasteiger partial charge in [-0.15, -0.1) is 0 Å². The summed E-state index contributed by atoms with van der Waals surface area (Å²) >= 11 is 0. The van der Waals surface area contributed by atoms with Gasteiger partial charge in [0.15, 0.2) is 0 Å². The molecule has 0 saturated heterocycles. The van der Waals surface area contributed by atoms with Gasteiger partial charge in [-0.3, -0.25) is 0 Å². The van der Waals surface area contributed by atoms with Gasteiger partial charge in [0.05, 0.1) is 79.3 Å². The molecule has 0 heterocycles. The predicted molar refractivity (Wildman–Crippen MR) is 223 cm³/mol. The van der Waals surface area contributed by atoms with Crippen LogP contribution >= 0.6 is 0 Å². The minimum atomic E-state index is 0.0417. The van der Waals surface area contributed by atoms with Crippen LogP contribution in [0.4, 0.5) is 0 Å². The van der Waals surface area contributed by atoms with E-state index in [0.29, 0.717) is 59.5 Å². The lowest BCUT2D eigenvalue weighted by atomic mass is 10.1. The lowest BCUT2D eigenvalue weighted by Gasteiger charge is -2.06. The molecule has 0 unspecified atom stereocenters. The van der Waals surface area contributed by atoms with Crippen molar-refractivity contribution in [2.24, 2.45) is 0 Å². The van der Waals surface area contributed by atoms with Crippen molar-refractivity contribution < 1.29 is 43.7 Å². The monoisotopic (exact) mass is 767 g/mol. The lowest BCUT2D eigenvalue weighted by molar-refractivity contribution is 0.00719. The van der Waals surface area contributed by atoms with Crippen LogP contribution in [0.5, 0.6) is 0 Å². The van der Waals surface area contributed by atoms with Crippen molar-refractivity contribution in [2.75, 3.05) is 99.1 Å². The Morgan fingerprint density at radius 2 is 0.377 bits per heavy atom. The minimum Gasteiger partial charge on any atom is -0.394 e. The van der Waals surface area contributed by atoms with Crippen LogP contribution in [0.15, 0.2) is 0 Å². The van der Waals surface area contributed by atoms with E-state index in [1.165, 1.54) is 161 Å². The maximum absolute atomic E-state index is 8.52. The summed E-state index contributed by atoms with van der Waals surface area (Å²) < 4.78 is 31.4. The molecule has 0 aliphatic carbocycles. The van der Waals surface area contributed by atoms with Gasteiger partial charge in [-0.1, -0.05) is 168 Å². The first-order chi connectivity index (χ1) is 26.2. The lowest BCUT2D eigenvalue weighted by Crippen LogP contribution is -2.11. The molecule has 324 valence electrons. The van der Waals surface area contributed by atoms with Gasteiger partial charge in [0.1, 0.15) is 0 Å². The van der Waals surface area contributed by atoms with Gasteiger partial charge in [0.25, 0.3) is 0 Å². The molecule has 0 aliphatic heterocycles. The molecule has 0 bridgehead atoms. The SMILES string of the molecule is CCCCCCCCCCCCOCCOCCOCCO.CCCCCCCCCCOCCCCCCCCCC.OCCOCCOCCO. The summed E-state index contributed by atoms with van der Waals surface area (Å²) in [6.45, 7) is 14.2. The molecule has 0 aromatic rings. The summed E-state index contributed by atoms with van der Waals surface area (Å²) in [5.41, 5.74) is 0. The second-order valence-electron chi connectivity index (χ2n) is 14.0. The Labute approximate surface area is 330 Å². The summed E-state index contributed by atoms with van der Waals surface area (Å²) in [7, 11) is 0. The van der Waals surface area contributed by atoms with E-state index in [-0.39, 0.29) is 19.8 Å². The van der Waals surface area contributed by atoms with Gasteiger partial charge in [0.2, 0.25) is 0 Å². The van der Waals surface area contributed by atoms with Gasteiger partial charge in [-0.05, 0) is 19.3 Å². The molecule has 9 heteroatoms. The van der Waals surface area contributed by atoms with Crippen molar-refractivity contribution >= 4 is 0 Å². The molecule has 0 radical (unpaired) electrons. The highest BCUT2D eigenvalue weighted by atomic mass is 16.5. The van der Waals surface area contributed by atoms with Crippen molar-refractivity contribution in [2.45, 2.75) is 188 Å². The molecule has 0 amide bonds. The molecule has 0 aromatic carbocycles. The van der Waals surface area contributed by atoms with Crippen LogP contribution in [0.1, 0.15) is 188 Å². The first kappa shape index (κ1) is 57.0. The molecule has 53 heavy (non-hydrogen) atoms. The maximum Gasteiger partial charge on any atom is 0.0701 e. The fourth-order valence-electron chi connectivity index (χ4n) is 5.53. The Bertz CT molecular complexity index is 511. The van der Waals surface area contributed by atoms with Gasteiger partial charge < -0.3 is 43.7 Å². The van der Waals surface area contributed by atoms with Crippen molar-refractivity contribution in [1.82, 2.24) is 0 Å². The van der Waals surface area contributed by atoms with Crippen LogP contribution in [0.2, 0.25) is 0 Å². The van der Waals surface area contributed by atoms with Crippen molar-refractivity contribution in [3.8, 4) is 0 Å². The maximum atomic E-state index is 8.52. The summed E-state index contributed by atoms with van der Waals surface area (Å²) in [5, 5.41) is 25.0. The van der Waals surface area contributed by atoms with E-state index in [4.69, 9.17) is 43.7 Å². The topological polar surface area (TPSA) is 116 Å². The molecule has 3 N–H and O–H groups in total. The van der Waals surface area contributed by atoms with Gasteiger partial charge in [0, 0.05) is 19.8 Å². The van der Waals surface area contributed by atoms with Crippen molar-refractivity contribution in [3.05, 3.63) is 0 Å². The zero-order chi connectivity index (χ0) is 39.2. The van der Waals surface area contributed by atoms with Crippen molar-refractivity contribution in [1.29, 1.82) is 0 Å². The van der Waals surface area contributed by atoms with E-state index >= 15 is 0 Å². The number of aliphatic hydroxyl groups excluding tert-OH is 3. The van der Waals surface area contributed by atoms with E-state index in [1.807, 2.05) is 0 Å². The normalized spacial score (nSPS) is 11.0. The molecule has 0 spiro atoms. The highest BCUT2D eigenvalue weighted by Crippen LogP contribution is 2.11. The van der Waals surface area contributed by atoms with Gasteiger partial charge in [-0.2, -0.15) is 0 Å². The summed E-state index contributed by atoms with van der Waals surface area (Å²) in [5.74, 6) is 0. The molecule has 0 atom stereocenters. The Balaban J connectivity index is -0.000000756. The van der Waals surface area contributed by atoms with Crippen LogP contribution in [-0.4, -0.2) is 114 Å². The summed E-state index contributed by atoms with van der Waals surface area (Å²) in [6, 6.07) is 0.